The maximum atomic E-state index is 12.2. The monoisotopic (exact) mass is 361 g/mol. The Hall–Kier alpha value is -2.31. The maximum absolute atomic E-state index is 12.2. The number of likely N-dealkylation sites (tertiary alicyclic amines) is 1. The molecule has 3 heterocycles. The van der Waals surface area contributed by atoms with Gasteiger partial charge in [0, 0.05) is 24.7 Å². The molecule has 0 saturated carbocycles. The average Bonchev–Trinajstić information content (AvgIpc) is 2.92. The molecule has 2 fully saturated rings. The van der Waals surface area contributed by atoms with Crippen LogP contribution in [0.5, 0.6) is 0 Å². The third-order valence-electron chi connectivity index (χ3n) is 4.65. The number of piperidine rings is 1. The van der Waals surface area contributed by atoms with E-state index >= 15 is 0 Å². The standard InChI is InChI=1S/C19H27N3O4/c1-13-12-25-18(24)22(13)16-7-5-6-15(20-16)14-8-10-21(11-9-14)17(23)26-19(2,3)4/h5-7,13-14H,8-12H2,1-4H3. The van der Waals surface area contributed by atoms with Crippen LogP contribution in [0.3, 0.4) is 0 Å². The number of pyridine rings is 1. The lowest BCUT2D eigenvalue weighted by molar-refractivity contribution is 0.0204. The molecule has 2 saturated heterocycles. The minimum atomic E-state index is -0.481. The molecule has 1 aromatic heterocycles. The van der Waals surface area contributed by atoms with Gasteiger partial charge in [-0.3, -0.25) is 4.90 Å². The average molecular weight is 361 g/mol. The second-order valence-electron chi connectivity index (χ2n) is 7.96. The van der Waals surface area contributed by atoms with Crippen molar-refractivity contribution in [2.24, 2.45) is 0 Å². The van der Waals surface area contributed by atoms with Gasteiger partial charge in [-0.25, -0.2) is 14.6 Å². The van der Waals surface area contributed by atoms with Crippen molar-refractivity contribution < 1.29 is 19.1 Å². The Morgan fingerprint density at radius 1 is 1.27 bits per heavy atom. The lowest BCUT2D eigenvalue weighted by atomic mass is 9.93. The number of hydrogen-bond acceptors (Lipinski definition) is 5. The number of rotatable bonds is 2. The molecule has 1 unspecified atom stereocenters. The summed E-state index contributed by atoms with van der Waals surface area (Å²) in [6, 6.07) is 5.74. The van der Waals surface area contributed by atoms with Gasteiger partial charge in [-0.1, -0.05) is 6.07 Å². The van der Waals surface area contributed by atoms with E-state index in [0.29, 0.717) is 25.5 Å². The van der Waals surface area contributed by atoms with Gasteiger partial charge >= 0.3 is 12.2 Å². The van der Waals surface area contributed by atoms with E-state index in [-0.39, 0.29) is 24.1 Å². The van der Waals surface area contributed by atoms with Gasteiger partial charge in [-0.2, -0.15) is 0 Å². The first-order chi connectivity index (χ1) is 12.2. The van der Waals surface area contributed by atoms with E-state index in [1.54, 1.807) is 9.80 Å². The quantitative estimate of drug-likeness (QED) is 0.806. The molecule has 0 N–H and O–H groups in total. The molecule has 1 aromatic rings. The third kappa shape index (κ3) is 4.08. The first-order valence-corrected chi connectivity index (χ1v) is 9.15. The van der Waals surface area contributed by atoms with E-state index < -0.39 is 5.60 Å². The zero-order valence-corrected chi connectivity index (χ0v) is 15.9. The van der Waals surface area contributed by atoms with Crippen LogP contribution in [0.25, 0.3) is 0 Å². The van der Waals surface area contributed by atoms with Crippen LogP contribution in [-0.2, 0) is 9.47 Å². The highest BCUT2D eigenvalue weighted by Crippen LogP contribution is 2.30. The van der Waals surface area contributed by atoms with Gasteiger partial charge < -0.3 is 14.4 Å². The number of aromatic nitrogens is 1. The zero-order chi connectivity index (χ0) is 18.9. The lowest BCUT2D eigenvalue weighted by Crippen LogP contribution is -2.41. The van der Waals surface area contributed by atoms with Crippen LogP contribution >= 0.6 is 0 Å². The van der Waals surface area contributed by atoms with Crippen LogP contribution in [0, 0.1) is 0 Å². The molecular weight excluding hydrogens is 334 g/mol. The Morgan fingerprint density at radius 3 is 2.54 bits per heavy atom. The number of nitrogens with zero attached hydrogens (tertiary/aromatic N) is 3. The van der Waals surface area contributed by atoms with Crippen molar-refractivity contribution in [3.8, 4) is 0 Å². The van der Waals surface area contributed by atoms with Crippen molar-refractivity contribution in [2.45, 2.75) is 58.1 Å². The molecule has 0 aliphatic carbocycles. The molecule has 0 spiro atoms. The SMILES string of the molecule is CC1COC(=O)N1c1cccc(C2CCN(C(=O)OC(C)(C)C)CC2)n1. The summed E-state index contributed by atoms with van der Waals surface area (Å²) >= 11 is 0. The second kappa shape index (κ2) is 7.13. The van der Waals surface area contributed by atoms with Crippen LogP contribution in [0.1, 0.15) is 52.1 Å². The van der Waals surface area contributed by atoms with Crippen LogP contribution in [-0.4, -0.2) is 53.4 Å². The van der Waals surface area contributed by atoms with Crippen molar-refractivity contribution in [1.82, 2.24) is 9.88 Å². The van der Waals surface area contributed by atoms with Gasteiger partial charge in [-0.15, -0.1) is 0 Å². The number of hydrogen-bond donors (Lipinski definition) is 0. The van der Waals surface area contributed by atoms with Crippen molar-refractivity contribution >= 4 is 18.0 Å². The van der Waals surface area contributed by atoms with E-state index in [4.69, 9.17) is 14.5 Å². The van der Waals surface area contributed by atoms with Crippen molar-refractivity contribution in [3.05, 3.63) is 23.9 Å². The molecule has 2 aliphatic heterocycles. The Balaban J connectivity index is 1.64. The molecule has 142 valence electrons. The molecule has 0 bridgehead atoms. The van der Waals surface area contributed by atoms with Gasteiger partial charge in [0.1, 0.15) is 18.0 Å². The molecule has 0 radical (unpaired) electrons. The van der Waals surface area contributed by atoms with Crippen molar-refractivity contribution in [3.63, 3.8) is 0 Å². The Bertz CT molecular complexity index is 678. The molecular formula is C19H27N3O4. The highest BCUT2D eigenvalue weighted by molar-refractivity contribution is 5.88. The number of cyclic esters (lactones) is 1. The predicted molar refractivity (Wildman–Crippen MR) is 97.3 cm³/mol. The van der Waals surface area contributed by atoms with Crippen LogP contribution in [0.2, 0.25) is 0 Å². The molecule has 7 heteroatoms. The van der Waals surface area contributed by atoms with Crippen molar-refractivity contribution in [2.75, 3.05) is 24.6 Å². The Morgan fingerprint density at radius 2 is 1.96 bits per heavy atom. The Kier molecular flexibility index (Phi) is 5.07. The fourth-order valence-electron chi connectivity index (χ4n) is 3.32. The van der Waals surface area contributed by atoms with Crippen LogP contribution < -0.4 is 4.90 Å². The maximum Gasteiger partial charge on any atom is 0.415 e. The van der Waals surface area contributed by atoms with E-state index in [9.17, 15) is 9.59 Å². The summed E-state index contributed by atoms with van der Waals surface area (Å²) in [5.74, 6) is 0.898. The molecule has 7 nitrogen and oxygen atoms in total. The van der Waals surface area contributed by atoms with Gasteiger partial charge in [0.25, 0.3) is 0 Å². The van der Waals surface area contributed by atoms with E-state index in [1.807, 2.05) is 45.9 Å². The van der Waals surface area contributed by atoms with Crippen LogP contribution in [0.15, 0.2) is 18.2 Å². The summed E-state index contributed by atoms with van der Waals surface area (Å²) in [5.41, 5.74) is 0.475. The molecule has 0 aromatic carbocycles. The first-order valence-electron chi connectivity index (χ1n) is 9.15. The zero-order valence-electron chi connectivity index (χ0n) is 15.9. The Labute approximate surface area is 154 Å². The van der Waals surface area contributed by atoms with Gasteiger partial charge in [0.15, 0.2) is 0 Å². The minimum Gasteiger partial charge on any atom is -0.447 e. The molecule has 2 amide bonds. The number of amides is 2. The number of carbonyl (C=O) groups excluding carboxylic acids is 2. The summed E-state index contributed by atoms with van der Waals surface area (Å²) in [6.07, 6.45) is 1.05. The second-order valence-corrected chi connectivity index (χ2v) is 7.96. The number of ether oxygens (including phenoxy) is 2. The van der Waals surface area contributed by atoms with Crippen molar-refractivity contribution in [1.29, 1.82) is 0 Å². The minimum absolute atomic E-state index is 0.0146. The van der Waals surface area contributed by atoms with Gasteiger partial charge in [0.05, 0.1) is 6.04 Å². The van der Waals surface area contributed by atoms with Gasteiger partial charge in [-0.05, 0) is 52.7 Å². The topological polar surface area (TPSA) is 72.0 Å². The van der Waals surface area contributed by atoms with Crippen LogP contribution in [0.4, 0.5) is 15.4 Å². The smallest absolute Gasteiger partial charge is 0.415 e. The number of carbonyl (C=O) groups is 2. The normalized spacial score (nSPS) is 21.7. The fourth-order valence-corrected chi connectivity index (χ4v) is 3.32. The largest absolute Gasteiger partial charge is 0.447 e. The molecule has 26 heavy (non-hydrogen) atoms. The molecule has 1 atom stereocenters. The highest BCUT2D eigenvalue weighted by Gasteiger charge is 2.33. The molecule has 3 rings (SSSR count). The predicted octanol–water partition coefficient (Wildman–Crippen LogP) is 3.54. The highest BCUT2D eigenvalue weighted by atomic mass is 16.6. The summed E-state index contributed by atoms with van der Waals surface area (Å²) < 4.78 is 10.5. The first kappa shape index (κ1) is 18.5. The summed E-state index contributed by atoms with van der Waals surface area (Å²) in [7, 11) is 0. The van der Waals surface area contributed by atoms with E-state index in [1.165, 1.54) is 0 Å². The summed E-state index contributed by atoms with van der Waals surface area (Å²) in [5, 5.41) is 0. The number of anilines is 1. The van der Waals surface area contributed by atoms with E-state index in [2.05, 4.69) is 0 Å². The van der Waals surface area contributed by atoms with E-state index in [0.717, 1.165) is 18.5 Å². The molecule has 2 aliphatic rings. The third-order valence-corrected chi connectivity index (χ3v) is 4.65. The lowest BCUT2D eigenvalue weighted by Gasteiger charge is -2.33. The summed E-state index contributed by atoms with van der Waals surface area (Å²) in [4.78, 5) is 32.1. The van der Waals surface area contributed by atoms with Gasteiger partial charge in [0.2, 0.25) is 0 Å². The summed E-state index contributed by atoms with van der Waals surface area (Å²) in [6.45, 7) is 9.24. The fraction of sp³-hybridized carbons (Fsp3) is 0.632.